The number of hydrogen-bond acceptors (Lipinski definition) is 6. The van der Waals surface area contributed by atoms with E-state index in [4.69, 9.17) is 16.1 Å². The van der Waals surface area contributed by atoms with Gasteiger partial charge in [-0.1, -0.05) is 16.8 Å². The first-order valence-corrected chi connectivity index (χ1v) is 10.2. The summed E-state index contributed by atoms with van der Waals surface area (Å²) in [5, 5.41) is 8.05. The van der Waals surface area contributed by atoms with Gasteiger partial charge in [0.15, 0.2) is 0 Å². The van der Waals surface area contributed by atoms with E-state index in [0.717, 1.165) is 24.9 Å². The highest BCUT2D eigenvalue weighted by atomic mass is 35.5. The van der Waals surface area contributed by atoms with Crippen LogP contribution in [0, 0.1) is 5.92 Å². The average molecular weight is 394 g/mol. The molecule has 0 bridgehead atoms. The van der Waals surface area contributed by atoms with Crippen LogP contribution in [0.3, 0.4) is 0 Å². The van der Waals surface area contributed by atoms with Gasteiger partial charge in [-0.05, 0) is 42.3 Å². The molecular weight excluding hydrogens is 378 g/mol. The van der Waals surface area contributed by atoms with Gasteiger partial charge in [-0.3, -0.25) is 4.79 Å². The number of aromatic nitrogens is 2. The summed E-state index contributed by atoms with van der Waals surface area (Å²) in [6, 6.07) is 5.54. The summed E-state index contributed by atoms with van der Waals surface area (Å²) in [5.41, 5.74) is 0.982. The predicted molar refractivity (Wildman–Crippen MR) is 99.3 cm³/mol. The molecule has 0 spiro atoms. The predicted octanol–water partition coefficient (Wildman–Crippen LogP) is 4.61. The lowest BCUT2D eigenvalue weighted by atomic mass is 9.94. The molecule has 3 aromatic rings. The first kappa shape index (κ1) is 16.8. The SMILES string of the molecule is O=C(c1ccc(Cl)s1)N1CCC[C@H](Cc2nc(-c3ccsc3)no2)C1. The van der Waals surface area contributed by atoms with Gasteiger partial charge in [0.05, 0.1) is 9.21 Å². The summed E-state index contributed by atoms with van der Waals surface area (Å²) < 4.78 is 6.04. The fraction of sp³-hybridized carbons (Fsp3) is 0.353. The molecule has 3 aromatic heterocycles. The zero-order valence-corrected chi connectivity index (χ0v) is 15.7. The molecule has 0 unspecified atom stereocenters. The Morgan fingerprint density at radius 3 is 3.08 bits per heavy atom. The van der Waals surface area contributed by atoms with Crippen LogP contribution < -0.4 is 0 Å². The number of halogens is 1. The van der Waals surface area contributed by atoms with Crippen molar-refractivity contribution in [2.45, 2.75) is 19.3 Å². The second-order valence-corrected chi connectivity index (χ2v) is 8.59. The summed E-state index contributed by atoms with van der Waals surface area (Å²) >= 11 is 8.88. The Morgan fingerprint density at radius 2 is 2.32 bits per heavy atom. The number of rotatable bonds is 4. The first-order chi connectivity index (χ1) is 12.2. The molecule has 130 valence electrons. The van der Waals surface area contributed by atoms with Crippen LogP contribution in [-0.2, 0) is 6.42 Å². The summed E-state index contributed by atoms with van der Waals surface area (Å²) in [5.74, 6) is 1.67. The third kappa shape index (κ3) is 3.78. The Bertz CT molecular complexity index is 859. The molecule has 0 N–H and O–H groups in total. The third-order valence-corrected chi connectivity index (χ3v) is 6.20. The van der Waals surface area contributed by atoms with Gasteiger partial charge >= 0.3 is 0 Å². The van der Waals surface area contributed by atoms with E-state index < -0.39 is 0 Å². The number of carbonyl (C=O) groups excluding carboxylic acids is 1. The van der Waals surface area contributed by atoms with Gasteiger partial charge in [-0.15, -0.1) is 11.3 Å². The van der Waals surface area contributed by atoms with Crippen LogP contribution in [0.15, 0.2) is 33.5 Å². The lowest BCUT2D eigenvalue weighted by Gasteiger charge is -2.31. The Balaban J connectivity index is 1.41. The molecule has 1 aliphatic heterocycles. The van der Waals surface area contributed by atoms with Crippen molar-refractivity contribution in [3.63, 3.8) is 0 Å². The van der Waals surface area contributed by atoms with E-state index in [0.29, 0.717) is 39.8 Å². The van der Waals surface area contributed by atoms with Crippen LogP contribution in [0.25, 0.3) is 11.4 Å². The standard InChI is InChI=1S/C17H16ClN3O2S2/c18-14-4-3-13(25-14)17(22)21-6-1-2-11(9-21)8-15-19-16(20-23-15)12-5-7-24-10-12/h3-5,7,10-11H,1-2,6,8-9H2/t11-/m1/s1. The van der Waals surface area contributed by atoms with Gasteiger partial charge in [0.2, 0.25) is 11.7 Å². The molecule has 0 aromatic carbocycles. The lowest BCUT2D eigenvalue weighted by Crippen LogP contribution is -2.40. The molecule has 5 nitrogen and oxygen atoms in total. The highest BCUT2D eigenvalue weighted by molar-refractivity contribution is 7.18. The average Bonchev–Trinajstić information content (AvgIpc) is 3.35. The van der Waals surface area contributed by atoms with Crippen LogP contribution in [0.5, 0.6) is 0 Å². The van der Waals surface area contributed by atoms with Crippen molar-refractivity contribution >= 4 is 40.2 Å². The fourth-order valence-electron chi connectivity index (χ4n) is 3.09. The molecule has 1 atom stereocenters. The van der Waals surface area contributed by atoms with E-state index in [1.54, 1.807) is 23.5 Å². The van der Waals surface area contributed by atoms with E-state index in [9.17, 15) is 4.79 Å². The van der Waals surface area contributed by atoms with Gasteiger partial charge in [0.25, 0.3) is 5.91 Å². The minimum absolute atomic E-state index is 0.0612. The Labute approximate surface area is 158 Å². The molecule has 4 rings (SSSR count). The molecule has 1 aliphatic rings. The second kappa shape index (κ2) is 7.27. The van der Waals surface area contributed by atoms with Gasteiger partial charge in [0.1, 0.15) is 0 Å². The van der Waals surface area contributed by atoms with Crippen molar-refractivity contribution in [1.29, 1.82) is 0 Å². The molecule has 0 aliphatic carbocycles. The summed E-state index contributed by atoms with van der Waals surface area (Å²) in [6.07, 6.45) is 2.75. The van der Waals surface area contributed by atoms with Crippen molar-refractivity contribution in [2.24, 2.45) is 5.92 Å². The minimum atomic E-state index is 0.0612. The number of hydrogen-bond donors (Lipinski definition) is 0. The number of nitrogens with zero attached hydrogens (tertiary/aromatic N) is 3. The smallest absolute Gasteiger partial charge is 0.263 e. The van der Waals surface area contributed by atoms with Gasteiger partial charge < -0.3 is 9.42 Å². The van der Waals surface area contributed by atoms with Gasteiger partial charge in [-0.2, -0.15) is 16.3 Å². The van der Waals surface area contributed by atoms with E-state index in [-0.39, 0.29) is 5.91 Å². The molecule has 25 heavy (non-hydrogen) atoms. The molecular formula is C17H16ClN3O2S2. The summed E-state index contributed by atoms with van der Waals surface area (Å²) in [6.45, 7) is 1.50. The quantitative estimate of drug-likeness (QED) is 0.649. The van der Waals surface area contributed by atoms with E-state index in [1.807, 2.05) is 21.7 Å². The zero-order valence-electron chi connectivity index (χ0n) is 13.4. The fourth-order valence-corrected chi connectivity index (χ4v) is 4.74. The Hall–Kier alpha value is -1.70. The number of amides is 1. The summed E-state index contributed by atoms with van der Waals surface area (Å²) in [4.78, 5) is 19.7. The maximum absolute atomic E-state index is 12.6. The monoisotopic (exact) mass is 393 g/mol. The molecule has 1 fully saturated rings. The molecule has 0 radical (unpaired) electrons. The Kier molecular flexibility index (Phi) is 4.87. The highest BCUT2D eigenvalue weighted by Gasteiger charge is 2.27. The third-order valence-electron chi connectivity index (χ3n) is 4.30. The number of carbonyl (C=O) groups is 1. The summed E-state index contributed by atoms with van der Waals surface area (Å²) in [7, 11) is 0. The maximum atomic E-state index is 12.6. The normalized spacial score (nSPS) is 17.8. The first-order valence-electron chi connectivity index (χ1n) is 8.09. The lowest BCUT2D eigenvalue weighted by molar-refractivity contribution is 0.0673. The minimum Gasteiger partial charge on any atom is -0.339 e. The highest BCUT2D eigenvalue weighted by Crippen LogP contribution is 2.27. The maximum Gasteiger partial charge on any atom is 0.263 e. The van der Waals surface area contributed by atoms with Crippen LogP contribution in [0.2, 0.25) is 4.34 Å². The Morgan fingerprint density at radius 1 is 1.40 bits per heavy atom. The van der Waals surface area contributed by atoms with Crippen molar-refractivity contribution in [1.82, 2.24) is 15.0 Å². The van der Waals surface area contributed by atoms with Crippen LogP contribution in [0.4, 0.5) is 0 Å². The number of thiophene rings is 2. The molecule has 1 amide bonds. The van der Waals surface area contributed by atoms with Crippen molar-refractivity contribution in [3.8, 4) is 11.4 Å². The topological polar surface area (TPSA) is 59.2 Å². The van der Waals surface area contributed by atoms with Crippen molar-refractivity contribution in [3.05, 3.63) is 44.1 Å². The molecule has 8 heteroatoms. The van der Waals surface area contributed by atoms with E-state index in [1.165, 1.54) is 11.3 Å². The van der Waals surface area contributed by atoms with Crippen molar-refractivity contribution < 1.29 is 9.32 Å². The molecule has 0 saturated carbocycles. The van der Waals surface area contributed by atoms with Crippen LogP contribution >= 0.6 is 34.3 Å². The van der Waals surface area contributed by atoms with Gasteiger partial charge in [-0.25, -0.2) is 0 Å². The van der Waals surface area contributed by atoms with Crippen LogP contribution in [0.1, 0.15) is 28.4 Å². The van der Waals surface area contributed by atoms with Crippen molar-refractivity contribution in [2.75, 3.05) is 13.1 Å². The number of piperidine rings is 1. The zero-order chi connectivity index (χ0) is 17.2. The largest absolute Gasteiger partial charge is 0.339 e. The number of likely N-dealkylation sites (tertiary alicyclic amines) is 1. The van der Waals surface area contributed by atoms with Crippen LogP contribution in [-0.4, -0.2) is 34.0 Å². The van der Waals surface area contributed by atoms with E-state index in [2.05, 4.69) is 10.1 Å². The van der Waals surface area contributed by atoms with E-state index >= 15 is 0 Å². The second-order valence-electron chi connectivity index (χ2n) is 6.09. The van der Waals surface area contributed by atoms with Gasteiger partial charge in [0, 0.05) is 30.5 Å². The molecule has 4 heterocycles. The molecule has 1 saturated heterocycles.